The normalized spacial score (nSPS) is 19.5. The van der Waals surface area contributed by atoms with Crippen LogP contribution < -0.4 is 9.47 Å². The highest BCUT2D eigenvalue weighted by molar-refractivity contribution is 6.32. The highest BCUT2D eigenvalue weighted by atomic mass is 35.5. The number of Topliss-reactive ketones (excluding diaryl/α,β-unsaturated/α-hetero) is 2. The highest BCUT2D eigenvalue weighted by Gasteiger charge is 2.43. The van der Waals surface area contributed by atoms with E-state index in [1.165, 1.54) is 0 Å². The van der Waals surface area contributed by atoms with Crippen molar-refractivity contribution in [3.05, 3.63) is 45.3 Å². The largest absolute Gasteiger partial charge is 0.490 e. The molecule has 0 saturated carbocycles. The number of halogens is 1. The van der Waals surface area contributed by atoms with Crippen molar-refractivity contribution in [3.8, 4) is 11.5 Å². The molecule has 0 amide bonds. The summed E-state index contributed by atoms with van der Waals surface area (Å²) >= 11 is 6.63. The summed E-state index contributed by atoms with van der Waals surface area (Å²) in [5, 5.41) is 0.441. The first-order valence-corrected chi connectivity index (χ1v) is 11.8. The van der Waals surface area contributed by atoms with Gasteiger partial charge in [0.2, 0.25) is 0 Å². The lowest BCUT2D eigenvalue weighted by Gasteiger charge is -2.43. The fraction of sp³-hybridized carbons (Fsp3) is 0.520. The van der Waals surface area contributed by atoms with Crippen molar-refractivity contribution in [2.75, 3.05) is 19.8 Å². The van der Waals surface area contributed by atoms with Gasteiger partial charge in [-0.15, -0.1) is 0 Å². The summed E-state index contributed by atoms with van der Waals surface area (Å²) in [6, 6.07) is 3.76. The molecule has 5 nitrogen and oxygen atoms in total. The van der Waals surface area contributed by atoms with Crippen molar-refractivity contribution in [2.24, 2.45) is 0 Å². The topological polar surface area (TPSA) is 55.8 Å². The molecule has 2 aliphatic carbocycles. The zero-order chi connectivity index (χ0) is 22.1. The van der Waals surface area contributed by atoms with Gasteiger partial charge in [-0.2, -0.15) is 0 Å². The van der Waals surface area contributed by atoms with Crippen molar-refractivity contribution >= 4 is 23.2 Å². The first-order valence-electron chi connectivity index (χ1n) is 11.4. The fourth-order valence-electron chi connectivity index (χ4n) is 5.23. The predicted octanol–water partition coefficient (Wildman–Crippen LogP) is 5.57. The number of rotatable bonds is 6. The Morgan fingerprint density at radius 3 is 2.00 bits per heavy atom. The maximum Gasteiger partial charge on any atom is 0.179 e. The second-order valence-electron chi connectivity index (χ2n) is 8.15. The molecule has 0 saturated heterocycles. The number of hydrogen-bond donors (Lipinski definition) is 0. The Morgan fingerprint density at radius 2 is 1.48 bits per heavy atom. The van der Waals surface area contributed by atoms with Crippen molar-refractivity contribution in [1.29, 1.82) is 0 Å². The molecule has 31 heavy (non-hydrogen) atoms. The van der Waals surface area contributed by atoms with Crippen molar-refractivity contribution in [2.45, 2.75) is 65.2 Å². The Labute approximate surface area is 189 Å². The lowest BCUT2D eigenvalue weighted by molar-refractivity contribution is -0.117. The predicted molar refractivity (Wildman–Crippen MR) is 121 cm³/mol. The molecule has 6 heteroatoms. The third-order valence-electron chi connectivity index (χ3n) is 6.36. The van der Waals surface area contributed by atoms with Gasteiger partial charge < -0.3 is 14.4 Å². The van der Waals surface area contributed by atoms with Crippen molar-refractivity contribution < 1.29 is 19.1 Å². The van der Waals surface area contributed by atoms with Gasteiger partial charge in [-0.1, -0.05) is 11.6 Å². The molecule has 0 fully saturated rings. The van der Waals surface area contributed by atoms with Gasteiger partial charge in [0.05, 0.1) is 18.2 Å². The number of ketones is 2. The molecule has 1 aliphatic heterocycles. The molecule has 0 unspecified atom stereocenters. The van der Waals surface area contributed by atoms with Crippen molar-refractivity contribution in [1.82, 2.24) is 4.90 Å². The number of benzene rings is 1. The third kappa shape index (κ3) is 3.78. The molecule has 0 bridgehead atoms. The van der Waals surface area contributed by atoms with Gasteiger partial charge in [-0.3, -0.25) is 9.59 Å². The summed E-state index contributed by atoms with van der Waals surface area (Å²) < 4.78 is 11.6. The van der Waals surface area contributed by atoms with Gasteiger partial charge in [0, 0.05) is 47.8 Å². The minimum absolute atomic E-state index is 0.137. The standard InChI is InChI=1S/C25H30ClNO4/c1-4-27-17-9-7-11-19(28)23(17)22(24-18(27)10-8-12-20(24)29)15-13-16(26)25(31-6-3)21(14-15)30-5-2/h13-14,22H,4-12H2,1-3H3. The number of carbonyl (C=O) groups excluding carboxylic acids is 2. The van der Waals surface area contributed by atoms with Crippen LogP contribution in [0.1, 0.15) is 70.8 Å². The van der Waals surface area contributed by atoms with E-state index < -0.39 is 0 Å². The Balaban J connectivity index is 1.95. The van der Waals surface area contributed by atoms with E-state index in [-0.39, 0.29) is 17.5 Å². The quantitative estimate of drug-likeness (QED) is 0.575. The highest BCUT2D eigenvalue weighted by Crippen LogP contribution is 2.51. The minimum Gasteiger partial charge on any atom is -0.490 e. The Hall–Kier alpha value is -2.27. The van der Waals surface area contributed by atoms with Gasteiger partial charge in [-0.05, 0) is 64.2 Å². The zero-order valence-electron chi connectivity index (χ0n) is 18.6. The molecule has 0 spiro atoms. The third-order valence-corrected chi connectivity index (χ3v) is 6.64. The molecule has 0 radical (unpaired) electrons. The zero-order valence-corrected chi connectivity index (χ0v) is 19.3. The van der Waals surface area contributed by atoms with E-state index in [0.29, 0.717) is 42.6 Å². The van der Waals surface area contributed by atoms with Crippen LogP contribution in [0.2, 0.25) is 5.02 Å². The Bertz CT molecular complexity index is 934. The van der Waals surface area contributed by atoms with Crippen LogP contribution in [-0.4, -0.2) is 36.2 Å². The van der Waals surface area contributed by atoms with E-state index in [0.717, 1.165) is 60.3 Å². The molecular formula is C25H30ClNO4. The molecule has 1 heterocycles. The van der Waals surface area contributed by atoms with Crippen LogP contribution in [-0.2, 0) is 9.59 Å². The lowest BCUT2D eigenvalue weighted by Crippen LogP contribution is -2.39. The fourth-order valence-corrected chi connectivity index (χ4v) is 5.51. The number of hydrogen-bond acceptors (Lipinski definition) is 5. The molecule has 0 atom stereocenters. The van der Waals surface area contributed by atoms with Gasteiger partial charge in [-0.25, -0.2) is 0 Å². The van der Waals surface area contributed by atoms with Crippen molar-refractivity contribution in [3.63, 3.8) is 0 Å². The van der Waals surface area contributed by atoms with Gasteiger partial charge >= 0.3 is 0 Å². The Kier molecular flexibility index (Phi) is 6.42. The van der Waals surface area contributed by atoms with Crippen LogP contribution in [0, 0.1) is 0 Å². The average molecular weight is 444 g/mol. The number of carbonyl (C=O) groups is 2. The van der Waals surface area contributed by atoms with E-state index in [1.54, 1.807) is 0 Å². The number of ether oxygens (including phenoxy) is 2. The maximum atomic E-state index is 13.2. The summed E-state index contributed by atoms with van der Waals surface area (Å²) in [4.78, 5) is 28.7. The number of allylic oxidation sites excluding steroid dienone is 4. The molecule has 1 aromatic carbocycles. The van der Waals surface area contributed by atoms with Gasteiger partial charge in [0.15, 0.2) is 23.1 Å². The molecule has 1 aromatic rings. The van der Waals surface area contributed by atoms with E-state index in [9.17, 15) is 9.59 Å². The SMILES string of the molecule is CCOc1cc(C2C3=C(CCCC3=O)N(CC)C3=C2C(=O)CCC3)cc(Cl)c1OCC. The molecule has 3 aliphatic rings. The molecule has 4 rings (SSSR count). The summed E-state index contributed by atoms with van der Waals surface area (Å²) in [5.74, 6) is 0.950. The van der Waals surface area contributed by atoms with E-state index >= 15 is 0 Å². The van der Waals surface area contributed by atoms with Gasteiger partial charge in [0.1, 0.15) is 0 Å². The van der Waals surface area contributed by atoms with Crippen LogP contribution in [0.25, 0.3) is 0 Å². The monoisotopic (exact) mass is 443 g/mol. The lowest BCUT2D eigenvalue weighted by atomic mass is 9.71. The molecular weight excluding hydrogens is 414 g/mol. The second-order valence-corrected chi connectivity index (χ2v) is 8.55. The van der Waals surface area contributed by atoms with Crippen LogP contribution in [0.5, 0.6) is 11.5 Å². The van der Waals surface area contributed by atoms with Crippen LogP contribution in [0.4, 0.5) is 0 Å². The summed E-state index contributed by atoms with van der Waals surface area (Å²) in [6.07, 6.45) is 4.47. The van der Waals surface area contributed by atoms with Crippen LogP contribution in [0.3, 0.4) is 0 Å². The average Bonchev–Trinajstić information content (AvgIpc) is 2.75. The molecule has 166 valence electrons. The smallest absolute Gasteiger partial charge is 0.179 e. The van der Waals surface area contributed by atoms with Crippen LogP contribution >= 0.6 is 11.6 Å². The first kappa shape index (κ1) is 21.9. The first-order chi connectivity index (χ1) is 15.0. The summed E-state index contributed by atoms with van der Waals surface area (Å²) in [7, 11) is 0. The molecule has 0 aromatic heterocycles. The minimum atomic E-state index is -0.388. The van der Waals surface area contributed by atoms with E-state index in [1.807, 2.05) is 26.0 Å². The van der Waals surface area contributed by atoms with Crippen LogP contribution in [0.15, 0.2) is 34.7 Å². The molecule has 0 N–H and O–H groups in total. The van der Waals surface area contributed by atoms with Gasteiger partial charge in [0.25, 0.3) is 0 Å². The Morgan fingerprint density at radius 1 is 0.903 bits per heavy atom. The maximum absolute atomic E-state index is 13.2. The second kappa shape index (κ2) is 9.07. The van der Waals surface area contributed by atoms with E-state index in [2.05, 4.69) is 11.8 Å². The summed E-state index contributed by atoms with van der Waals surface area (Å²) in [6.45, 7) is 7.60. The van der Waals surface area contributed by atoms with E-state index in [4.69, 9.17) is 21.1 Å². The number of nitrogens with zero attached hydrogens (tertiary/aromatic N) is 1. The summed E-state index contributed by atoms with van der Waals surface area (Å²) in [5.41, 5.74) is 4.54.